The summed E-state index contributed by atoms with van der Waals surface area (Å²) in [5.74, 6) is 5.22. The molecular formula is C106H114Cl6N6O14S6. The number of benzene rings is 12. The van der Waals surface area contributed by atoms with Gasteiger partial charge in [-0.3, -0.25) is 0 Å². The number of aliphatic hydroxyl groups is 1. The highest BCUT2D eigenvalue weighted by atomic mass is 35.5. The fourth-order valence-corrected chi connectivity index (χ4v) is 15.7. The zero-order valence-electron chi connectivity index (χ0n) is 79.6. The van der Waals surface area contributed by atoms with Gasteiger partial charge in [0.1, 0.15) is 79.9 Å². The number of hydrogen-bond acceptors (Lipinski definition) is 20. The van der Waals surface area contributed by atoms with Gasteiger partial charge in [-0.15, -0.1) is 0 Å². The van der Waals surface area contributed by atoms with Crippen molar-refractivity contribution >= 4 is 208 Å². The summed E-state index contributed by atoms with van der Waals surface area (Å²) in [7, 11) is 9.18. The number of rotatable bonds is 29. The molecule has 730 valence electrons. The van der Waals surface area contributed by atoms with E-state index in [1.54, 1.807) is 14.2 Å². The quantitative estimate of drug-likeness (QED) is 0.0217. The summed E-state index contributed by atoms with van der Waals surface area (Å²) in [4.78, 5) is 0. The monoisotopic (exact) mass is 2100 g/mol. The number of thiocarbonyl (C=S) groups is 6. The number of aliphatic hydroxyl groups excluding tert-OH is 1. The highest BCUT2D eigenvalue weighted by Crippen LogP contribution is 2.45. The summed E-state index contributed by atoms with van der Waals surface area (Å²) in [5.41, 5.74) is 22.9. The van der Waals surface area contributed by atoms with Crippen LogP contribution in [0.15, 0.2) is 218 Å². The summed E-state index contributed by atoms with van der Waals surface area (Å²) in [6, 6.07) is 69.5. The average molecular weight is 2100 g/mol. The van der Waals surface area contributed by atoms with Gasteiger partial charge in [-0.25, -0.2) is 0 Å². The van der Waals surface area contributed by atoms with Crippen LogP contribution in [-0.2, 0) is 81.1 Å². The lowest BCUT2D eigenvalue weighted by molar-refractivity contribution is 0.270. The van der Waals surface area contributed by atoms with Gasteiger partial charge in [0.15, 0.2) is 0 Å². The van der Waals surface area contributed by atoms with E-state index < -0.39 is 0 Å². The fraction of sp³-hybridized carbons (Fsp3) is 0.264. The first kappa shape index (κ1) is 112. The number of nitrogens with one attached hydrogen (secondary N) is 6. The summed E-state index contributed by atoms with van der Waals surface area (Å²) in [6.07, 6.45) is 3.34. The van der Waals surface area contributed by atoms with Crippen molar-refractivity contribution in [2.75, 3.05) is 81.2 Å². The van der Waals surface area contributed by atoms with Crippen molar-refractivity contribution in [1.82, 2.24) is 0 Å². The Labute approximate surface area is 872 Å². The van der Waals surface area contributed by atoms with Crippen LogP contribution in [0.5, 0.6) is 40.2 Å². The number of methoxy groups -OCH3 is 6. The van der Waals surface area contributed by atoms with Crippen molar-refractivity contribution in [3.05, 3.63) is 343 Å². The maximum Gasteiger partial charge on any atom is 0.260 e. The smallest absolute Gasteiger partial charge is 0.260 e. The van der Waals surface area contributed by atoms with Gasteiger partial charge in [0.25, 0.3) is 31.0 Å². The van der Waals surface area contributed by atoms with Crippen LogP contribution in [0.3, 0.4) is 0 Å². The number of anilines is 6. The molecule has 12 aromatic rings. The molecule has 7 N–H and O–H groups in total. The first-order valence-corrected chi connectivity index (χ1v) is 48.3. The van der Waals surface area contributed by atoms with E-state index in [1.165, 1.54) is 52.4 Å². The van der Waals surface area contributed by atoms with E-state index >= 15 is 0 Å². The van der Waals surface area contributed by atoms with Crippen LogP contribution < -0.4 is 65.1 Å². The third kappa shape index (κ3) is 36.1. The Morgan fingerprint density at radius 3 is 0.797 bits per heavy atom. The maximum absolute atomic E-state index is 9.55. The molecule has 0 unspecified atom stereocenters. The van der Waals surface area contributed by atoms with E-state index in [2.05, 4.69) is 51.0 Å². The number of halogens is 6. The van der Waals surface area contributed by atoms with Crippen molar-refractivity contribution in [3.63, 3.8) is 0 Å². The summed E-state index contributed by atoms with van der Waals surface area (Å²) < 4.78 is 71.1. The molecule has 0 heterocycles. The Balaban J connectivity index is 0.000000203. The molecule has 1 aliphatic rings. The number of hydrogen-bond donors (Lipinski definition) is 7. The minimum atomic E-state index is -0.102. The minimum absolute atomic E-state index is 0.102. The van der Waals surface area contributed by atoms with Gasteiger partial charge < -0.3 is 98.6 Å². The second-order valence-corrected chi connectivity index (χ2v) is 35.7. The van der Waals surface area contributed by atoms with Gasteiger partial charge in [0, 0.05) is 56.3 Å². The van der Waals surface area contributed by atoms with Crippen molar-refractivity contribution in [1.29, 1.82) is 0 Å². The SMILES string of the molecule is CCOc1cccc(NC(=S)OC)c1COc1ccc(C)cc1Cl.CCc1cccc(NC(=S)OC)c1COc1ccc(C)cc1Cl.COC(=S)Nc1cccc(C)c1COc1ccc(C)cc1Cl.COC(=S)Nc1cccc(C)c1COc1ccc(C)cc1Cl.COC(=S)Nc1cccc(C2CC2)c1COc1ccc(C)cc1Cl.COC(=S)Nc1cccc(CO)c1COc1ccc(C)cc1Cl. The van der Waals surface area contributed by atoms with E-state index in [0.717, 1.165) is 130 Å². The third-order valence-corrected chi connectivity index (χ3v) is 24.3. The van der Waals surface area contributed by atoms with Crippen LogP contribution in [0.2, 0.25) is 30.1 Å². The van der Waals surface area contributed by atoms with E-state index in [-0.39, 0.29) is 30.2 Å². The van der Waals surface area contributed by atoms with Crippen molar-refractivity contribution in [2.24, 2.45) is 0 Å². The van der Waals surface area contributed by atoms with Gasteiger partial charge in [-0.2, -0.15) is 0 Å². The van der Waals surface area contributed by atoms with Crippen LogP contribution in [-0.4, -0.2) is 85.4 Å². The zero-order chi connectivity index (χ0) is 100. The predicted octanol–water partition coefficient (Wildman–Crippen LogP) is 29.4. The molecule has 1 fully saturated rings. The highest BCUT2D eigenvalue weighted by molar-refractivity contribution is 7.81. The second-order valence-electron chi connectivity index (χ2n) is 31.0. The molecule has 13 rings (SSSR count). The molecule has 1 aliphatic carbocycles. The normalized spacial score (nSPS) is 10.8. The predicted molar refractivity (Wildman–Crippen MR) is 589 cm³/mol. The second kappa shape index (κ2) is 58.2. The van der Waals surface area contributed by atoms with Crippen molar-refractivity contribution in [2.45, 2.75) is 141 Å². The van der Waals surface area contributed by atoms with Gasteiger partial charge >= 0.3 is 0 Å². The largest absolute Gasteiger partial charge is 0.493 e. The van der Waals surface area contributed by atoms with Gasteiger partial charge in [0.2, 0.25) is 0 Å². The summed E-state index contributed by atoms with van der Waals surface area (Å²) in [5, 5.41) is 33.3. The number of ether oxygens (including phenoxy) is 13. The van der Waals surface area contributed by atoms with Gasteiger partial charge in [-0.05, 0) is 337 Å². The Bertz CT molecular complexity index is 5920. The molecule has 0 aliphatic heterocycles. The topological polar surface area (TPSA) is 212 Å². The van der Waals surface area contributed by atoms with E-state index in [9.17, 15) is 5.11 Å². The molecule has 32 heteroatoms. The Morgan fingerprint density at radius 1 is 0.283 bits per heavy atom. The van der Waals surface area contributed by atoms with Gasteiger partial charge in [-0.1, -0.05) is 180 Å². The van der Waals surface area contributed by atoms with E-state index in [0.29, 0.717) is 124 Å². The molecule has 0 radical (unpaired) electrons. The van der Waals surface area contributed by atoms with Crippen molar-refractivity contribution in [3.8, 4) is 40.2 Å². The van der Waals surface area contributed by atoms with Crippen LogP contribution in [0.4, 0.5) is 34.1 Å². The van der Waals surface area contributed by atoms with Crippen LogP contribution >= 0.6 is 143 Å². The molecular weight excluding hydrogens is 1990 g/mol. The van der Waals surface area contributed by atoms with Gasteiger partial charge in [0.05, 0.1) is 97.3 Å². The molecule has 0 atom stereocenters. The Kier molecular flexibility index (Phi) is 47.4. The Morgan fingerprint density at radius 2 is 0.522 bits per heavy atom. The minimum Gasteiger partial charge on any atom is -0.493 e. The first-order valence-electron chi connectivity index (χ1n) is 43.5. The lowest BCUT2D eigenvalue weighted by Gasteiger charge is -2.17. The van der Waals surface area contributed by atoms with Crippen molar-refractivity contribution < 1.29 is 66.7 Å². The Hall–Kier alpha value is -10.9. The third-order valence-electron chi connectivity index (χ3n) is 20.9. The standard InChI is InChI=1S/C19H20ClNO2S.C18H20ClNO3S.C18H20ClNO2S.C17H18ClNO3S.2C17H18ClNO2S/c1-12-6-9-18(16(20)10-12)23-11-15-14(13-7-8-13)4-3-5-17(15)21-19(24)22-2;1-4-22-16-7-5-6-15(20-18(24)21-3)13(16)11-23-17-9-8-12(2)10-14(17)19;1-4-13-6-5-7-16(20-18(23)21-3)14(13)11-22-17-9-8-12(2)10-15(17)19;1-11-6-7-16(14(18)8-11)22-10-13-12(9-20)4-3-5-15(13)19-17(23)21-2;2*1-11-7-8-16(14(18)9-11)21-10-13-12(2)5-4-6-15(13)19-17(22)20-3/h3-6,9-10,13H,7-8,11H2,1-2H3,(H,21,24);5-10H,4,11H2,1-3H3,(H,20,24);5-10H,4,11H2,1-3H3,(H,20,23);3-8,20H,9-10H2,1-2H3,(H,19,23);2*4-9H,10H2,1-3H3,(H,19,22). The molecule has 0 aromatic heterocycles. The zero-order valence-corrected chi connectivity index (χ0v) is 89.0. The van der Waals surface area contributed by atoms with E-state index in [4.69, 9.17) is 204 Å². The molecule has 0 bridgehead atoms. The molecule has 12 aromatic carbocycles. The molecule has 0 saturated heterocycles. The molecule has 0 spiro atoms. The lowest BCUT2D eigenvalue weighted by Crippen LogP contribution is -2.14. The summed E-state index contributed by atoms with van der Waals surface area (Å²) in [6.45, 7) is 22.6. The summed E-state index contributed by atoms with van der Waals surface area (Å²) >= 11 is 67.8. The van der Waals surface area contributed by atoms with E-state index in [1.807, 2.05) is 269 Å². The fourth-order valence-electron chi connectivity index (χ4n) is 13.3. The molecule has 0 amide bonds. The first-order chi connectivity index (χ1) is 66.2. The number of aryl methyl sites for hydroxylation is 9. The lowest BCUT2D eigenvalue weighted by atomic mass is 10.0. The van der Waals surface area contributed by atoms with Crippen LogP contribution in [0.25, 0.3) is 0 Å². The molecule has 1 saturated carbocycles. The highest BCUT2D eigenvalue weighted by Gasteiger charge is 2.28. The van der Waals surface area contributed by atoms with Crippen LogP contribution in [0.1, 0.15) is 127 Å². The average Bonchev–Trinajstić information content (AvgIpc) is 1.67. The molecule has 20 nitrogen and oxygen atoms in total. The maximum atomic E-state index is 9.55. The molecule has 138 heavy (non-hydrogen) atoms. The van der Waals surface area contributed by atoms with Crippen LogP contribution in [0, 0.1) is 55.4 Å².